The first kappa shape index (κ1) is 19.5. The van der Waals surface area contributed by atoms with Crippen LogP contribution in [0.25, 0.3) is 16.8 Å². The van der Waals surface area contributed by atoms with Gasteiger partial charge in [0.05, 0.1) is 19.3 Å². The van der Waals surface area contributed by atoms with Crippen LogP contribution in [0.4, 0.5) is 5.82 Å². The highest BCUT2D eigenvalue weighted by atomic mass is 16.5. The number of ether oxygens (including phenoxy) is 1. The summed E-state index contributed by atoms with van der Waals surface area (Å²) in [4.78, 5) is 9.91. The van der Waals surface area contributed by atoms with E-state index in [2.05, 4.69) is 18.5 Å². The normalized spacial score (nSPS) is 13.9. The number of nitrogens with one attached hydrogen (secondary N) is 1. The molecule has 0 atom stereocenters. The summed E-state index contributed by atoms with van der Waals surface area (Å²) in [5, 5.41) is 14.0. The van der Waals surface area contributed by atoms with Gasteiger partial charge < -0.3 is 9.94 Å². The maximum atomic E-state index is 9.15. The number of nitrogens with zero attached hydrogens (tertiary/aromatic N) is 4. The third-order valence-electron chi connectivity index (χ3n) is 5.59. The summed E-state index contributed by atoms with van der Waals surface area (Å²) in [5.74, 6) is 1.68. The Morgan fingerprint density at radius 1 is 1.31 bits per heavy atom. The molecule has 0 amide bonds. The average molecular weight is 393 g/mol. The van der Waals surface area contributed by atoms with E-state index in [0.29, 0.717) is 6.54 Å². The molecular formula is C22H27N5O2. The van der Waals surface area contributed by atoms with E-state index in [-0.39, 0.29) is 0 Å². The van der Waals surface area contributed by atoms with Crippen LogP contribution in [0.2, 0.25) is 0 Å². The largest absolute Gasteiger partial charge is 0.497 e. The smallest absolute Gasteiger partial charge is 0.165 e. The Labute approximate surface area is 170 Å². The Morgan fingerprint density at radius 3 is 2.83 bits per heavy atom. The summed E-state index contributed by atoms with van der Waals surface area (Å²) < 4.78 is 7.24. The van der Waals surface area contributed by atoms with E-state index in [0.717, 1.165) is 76.7 Å². The SMILES string of the molecule is CCC(CNO)=Nc1c2c(nc3c(-c4ccc(OC)cc4C)c(C)nn13)CCC2. The Balaban J connectivity index is 1.98. The van der Waals surface area contributed by atoms with Crippen LogP contribution in [-0.2, 0) is 12.8 Å². The number of hydrogen-bond acceptors (Lipinski definition) is 6. The maximum absolute atomic E-state index is 9.15. The zero-order valence-electron chi connectivity index (χ0n) is 17.4. The van der Waals surface area contributed by atoms with Crippen molar-refractivity contribution in [2.24, 2.45) is 4.99 Å². The van der Waals surface area contributed by atoms with Crippen LogP contribution in [0.1, 0.15) is 42.3 Å². The molecule has 0 aliphatic heterocycles. The molecule has 0 radical (unpaired) electrons. The first-order chi connectivity index (χ1) is 14.1. The lowest BCUT2D eigenvalue weighted by molar-refractivity contribution is 0.183. The van der Waals surface area contributed by atoms with Gasteiger partial charge in [-0.3, -0.25) is 0 Å². The van der Waals surface area contributed by atoms with Crippen molar-refractivity contribution in [2.45, 2.75) is 46.5 Å². The third-order valence-corrected chi connectivity index (χ3v) is 5.59. The number of aryl methyl sites for hydroxylation is 3. The highest BCUT2D eigenvalue weighted by molar-refractivity contribution is 5.89. The second-order valence-electron chi connectivity index (χ2n) is 7.46. The Kier molecular flexibility index (Phi) is 5.34. The Morgan fingerprint density at radius 2 is 2.14 bits per heavy atom. The molecular weight excluding hydrogens is 366 g/mol. The van der Waals surface area contributed by atoms with Gasteiger partial charge in [-0.1, -0.05) is 13.0 Å². The van der Waals surface area contributed by atoms with Crippen LogP contribution in [0.15, 0.2) is 23.2 Å². The lowest BCUT2D eigenvalue weighted by Crippen LogP contribution is -2.18. The molecule has 7 heteroatoms. The van der Waals surface area contributed by atoms with Gasteiger partial charge in [0.25, 0.3) is 0 Å². The number of aliphatic imine (C=N–C) groups is 1. The van der Waals surface area contributed by atoms with Gasteiger partial charge in [0.1, 0.15) is 5.75 Å². The summed E-state index contributed by atoms with van der Waals surface area (Å²) in [6, 6.07) is 6.08. The summed E-state index contributed by atoms with van der Waals surface area (Å²) >= 11 is 0. The minimum atomic E-state index is 0.333. The van der Waals surface area contributed by atoms with E-state index in [9.17, 15) is 0 Å². The first-order valence-electron chi connectivity index (χ1n) is 10.1. The number of hydrogen-bond donors (Lipinski definition) is 2. The minimum absolute atomic E-state index is 0.333. The molecule has 0 saturated heterocycles. The molecule has 2 N–H and O–H groups in total. The molecule has 0 unspecified atom stereocenters. The van der Waals surface area contributed by atoms with Gasteiger partial charge in [0.15, 0.2) is 11.5 Å². The number of methoxy groups -OCH3 is 1. The topological polar surface area (TPSA) is 84.0 Å². The van der Waals surface area contributed by atoms with Gasteiger partial charge >= 0.3 is 0 Å². The molecule has 29 heavy (non-hydrogen) atoms. The minimum Gasteiger partial charge on any atom is -0.497 e. The van der Waals surface area contributed by atoms with E-state index >= 15 is 0 Å². The summed E-state index contributed by atoms with van der Waals surface area (Å²) in [6.07, 6.45) is 3.74. The quantitative estimate of drug-likeness (QED) is 0.489. The molecule has 0 fully saturated rings. The molecule has 2 aromatic heterocycles. The van der Waals surface area contributed by atoms with Crippen molar-refractivity contribution < 1.29 is 9.94 Å². The van der Waals surface area contributed by atoms with Crippen molar-refractivity contribution in [3.05, 3.63) is 40.7 Å². The van der Waals surface area contributed by atoms with Crippen LogP contribution >= 0.6 is 0 Å². The van der Waals surface area contributed by atoms with Crippen LogP contribution in [0, 0.1) is 13.8 Å². The molecule has 0 spiro atoms. The zero-order chi connectivity index (χ0) is 20.5. The molecule has 1 aliphatic rings. The van der Waals surface area contributed by atoms with Crippen molar-refractivity contribution in [2.75, 3.05) is 13.7 Å². The van der Waals surface area contributed by atoms with Gasteiger partial charge in [0, 0.05) is 22.5 Å². The van der Waals surface area contributed by atoms with Crippen LogP contribution < -0.4 is 10.2 Å². The van der Waals surface area contributed by atoms with E-state index in [1.165, 1.54) is 5.56 Å². The van der Waals surface area contributed by atoms with Crippen LogP contribution in [0.5, 0.6) is 5.75 Å². The predicted octanol–water partition coefficient (Wildman–Crippen LogP) is 3.97. The van der Waals surface area contributed by atoms with Crippen LogP contribution in [0.3, 0.4) is 0 Å². The monoisotopic (exact) mass is 393 g/mol. The number of benzene rings is 1. The number of rotatable bonds is 6. The molecule has 4 rings (SSSR count). The van der Waals surface area contributed by atoms with Crippen LogP contribution in [-0.4, -0.2) is 39.2 Å². The Bertz CT molecular complexity index is 1100. The molecule has 1 aliphatic carbocycles. The lowest BCUT2D eigenvalue weighted by Gasteiger charge is -2.11. The van der Waals surface area contributed by atoms with Gasteiger partial charge in [-0.05, 0) is 62.8 Å². The van der Waals surface area contributed by atoms with Crippen molar-refractivity contribution in [3.8, 4) is 16.9 Å². The van der Waals surface area contributed by atoms with E-state index in [1.54, 1.807) is 7.11 Å². The van der Waals surface area contributed by atoms with Crippen molar-refractivity contribution in [1.29, 1.82) is 0 Å². The number of fused-ring (bicyclic) bond motifs is 2. The third kappa shape index (κ3) is 3.41. The summed E-state index contributed by atoms with van der Waals surface area (Å²) in [7, 11) is 1.68. The zero-order valence-corrected chi connectivity index (χ0v) is 17.4. The second kappa shape index (κ2) is 7.93. The molecule has 1 aromatic carbocycles. The van der Waals surface area contributed by atoms with E-state index in [4.69, 9.17) is 25.0 Å². The first-order valence-corrected chi connectivity index (χ1v) is 10.1. The van der Waals surface area contributed by atoms with Crippen molar-refractivity contribution in [3.63, 3.8) is 0 Å². The molecule has 0 bridgehead atoms. The van der Waals surface area contributed by atoms with Gasteiger partial charge in [-0.15, -0.1) is 0 Å². The van der Waals surface area contributed by atoms with Crippen molar-refractivity contribution >= 4 is 17.2 Å². The molecule has 152 valence electrons. The highest BCUT2D eigenvalue weighted by Gasteiger charge is 2.24. The van der Waals surface area contributed by atoms with Crippen molar-refractivity contribution in [1.82, 2.24) is 20.1 Å². The number of hydroxylamine groups is 1. The predicted molar refractivity (Wildman–Crippen MR) is 114 cm³/mol. The fraction of sp³-hybridized carbons (Fsp3) is 0.409. The van der Waals surface area contributed by atoms with Gasteiger partial charge in [-0.2, -0.15) is 15.1 Å². The summed E-state index contributed by atoms with van der Waals surface area (Å²) in [5.41, 5.74) is 10.4. The highest BCUT2D eigenvalue weighted by Crippen LogP contribution is 2.37. The average Bonchev–Trinajstić information content (AvgIpc) is 3.31. The molecule has 3 aromatic rings. The van der Waals surface area contributed by atoms with E-state index in [1.807, 2.05) is 30.5 Å². The van der Waals surface area contributed by atoms with E-state index < -0.39 is 0 Å². The number of aromatic nitrogens is 3. The Hall–Kier alpha value is -2.77. The summed E-state index contributed by atoms with van der Waals surface area (Å²) in [6.45, 7) is 6.46. The molecule has 2 heterocycles. The standard InChI is InChI=1S/C22H27N5O2/c1-5-15(12-23-28)24-21-18-7-6-8-19(18)25-22-20(14(3)26-27(21)22)17-10-9-16(29-4)11-13(17)2/h9-11,23,28H,5-8,12H2,1-4H3. The fourth-order valence-corrected chi connectivity index (χ4v) is 4.07. The fourth-order valence-electron chi connectivity index (χ4n) is 4.07. The van der Waals surface area contributed by atoms with Gasteiger partial charge in [0.2, 0.25) is 0 Å². The molecule has 0 saturated carbocycles. The van der Waals surface area contributed by atoms with Gasteiger partial charge in [-0.25, -0.2) is 9.98 Å². The lowest BCUT2D eigenvalue weighted by atomic mass is 10.0. The second-order valence-corrected chi connectivity index (χ2v) is 7.46. The maximum Gasteiger partial charge on any atom is 0.165 e. The molecule has 7 nitrogen and oxygen atoms in total.